The molecule has 0 aliphatic rings. The Morgan fingerprint density at radius 2 is 1.89 bits per heavy atom. The highest BCUT2D eigenvalue weighted by molar-refractivity contribution is 6.37. The van der Waals surface area contributed by atoms with Crippen molar-refractivity contribution in [1.82, 2.24) is 4.98 Å². The third kappa shape index (κ3) is 3.90. The van der Waals surface area contributed by atoms with Crippen molar-refractivity contribution in [1.29, 1.82) is 0 Å². The summed E-state index contributed by atoms with van der Waals surface area (Å²) >= 11 is 12.1. The smallest absolute Gasteiger partial charge is 0.147 e. The molecule has 0 fully saturated rings. The van der Waals surface area contributed by atoms with Crippen molar-refractivity contribution in [3.63, 3.8) is 0 Å². The molecule has 0 spiro atoms. The van der Waals surface area contributed by atoms with Gasteiger partial charge in [-0.25, -0.2) is 4.98 Å². The molecule has 0 aliphatic heterocycles. The molecule has 6 heteroatoms. The monoisotopic (exact) mass is 291 g/mol. The summed E-state index contributed by atoms with van der Waals surface area (Å²) in [6, 6.07) is 1.72. The summed E-state index contributed by atoms with van der Waals surface area (Å²) in [4.78, 5) is 4.35. The van der Waals surface area contributed by atoms with Gasteiger partial charge < -0.3 is 15.7 Å². The van der Waals surface area contributed by atoms with Crippen LogP contribution in [0.3, 0.4) is 0 Å². The minimum Gasteiger partial charge on any atom is -0.396 e. The molecule has 0 saturated carbocycles. The molecule has 0 saturated heterocycles. The Kier molecular flexibility index (Phi) is 5.99. The second-order valence-electron chi connectivity index (χ2n) is 4.27. The lowest BCUT2D eigenvalue weighted by atomic mass is 10.1. The number of aromatic nitrogens is 1. The minimum absolute atomic E-state index is 0.0654. The van der Waals surface area contributed by atoms with E-state index >= 15 is 0 Å². The summed E-state index contributed by atoms with van der Waals surface area (Å²) < 4.78 is 0. The zero-order valence-electron chi connectivity index (χ0n) is 10.8. The Morgan fingerprint density at radius 3 is 2.44 bits per heavy atom. The maximum absolute atomic E-state index is 9.11. The van der Waals surface area contributed by atoms with Crippen molar-refractivity contribution in [3.8, 4) is 0 Å². The average Bonchev–Trinajstić information content (AvgIpc) is 2.34. The summed E-state index contributed by atoms with van der Waals surface area (Å²) in [5.41, 5.74) is 0. The van der Waals surface area contributed by atoms with Gasteiger partial charge in [-0.15, -0.1) is 0 Å². The number of hydrogen-bond donors (Lipinski definition) is 3. The molecule has 2 atom stereocenters. The molecular weight excluding hydrogens is 273 g/mol. The van der Waals surface area contributed by atoms with E-state index in [4.69, 9.17) is 28.3 Å². The lowest BCUT2D eigenvalue weighted by molar-refractivity contribution is 0.226. The standard InChI is InChI=1S/C12H19Cl2N3O/c1-4-15-11-9(13)5-10(14)12(17-11)16-8(3)7(2)6-18/h5,7-8,18H,4,6H2,1-3H3,(H2,15,16,17). The summed E-state index contributed by atoms with van der Waals surface area (Å²) in [5.74, 6) is 1.29. The van der Waals surface area contributed by atoms with Gasteiger partial charge in [-0.05, 0) is 25.8 Å². The first-order valence-corrected chi connectivity index (χ1v) is 6.72. The van der Waals surface area contributed by atoms with Crippen LogP contribution >= 0.6 is 23.2 Å². The van der Waals surface area contributed by atoms with Crippen LogP contribution in [-0.2, 0) is 0 Å². The number of halogens is 2. The first kappa shape index (κ1) is 15.3. The van der Waals surface area contributed by atoms with Gasteiger partial charge in [-0.2, -0.15) is 0 Å². The van der Waals surface area contributed by atoms with Gasteiger partial charge in [0.15, 0.2) is 0 Å². The normalized spacial score (nSPS) is 14.1. The number of nitrogens with zero attached hydrogens (tertiary/aromatic N) is 1. The fourth-order valence-electron chi connectivity index (χ4n) is 1.38. The van der Waals surface area contributed by atoms with Crippen LogP contribution in [0.4, 0.5) is 11.6 Å². The molecule has 1 rings (SSSR count). The van der Waals surface area contributed by atoms with E-state index in [-0.39, 0.29) is 18.6 Å². The molecular formula is C12H19Cl2N3O. The Labute approximate surface area is 118 Å². The number of hydrogen-bond acceptors (Lipinski definition) is 4. The Bertz CT molecular complexity index is 401. The molecule has 4 nitrogen and oxygen atoms in total. The van der Waals surface area contributed by atoms with Crippen LogP contribution in [0.2, 0.25) is 10.0 Å². The fourth-order valence-corrected chi connectivity index (χ4v) is 1.86. The molecule has 1 aromatic heterocycles. The minimum atomic E-state index is 0.0654. The number of aliphatic hydroxyl groups excluding tert-OH is 1. The molecule has 0 aromatic carbocycles. The second kappa shape index (κ2) is 7.02. The number of rotatable bonds is 6. The number of anilines is 2. The van der Waals surface area contributed by atoms with Crippen LogP contribution in [0.15, 0.2) is 6.07 Å². The zero-order valence-corrected chi connectivity index (χ0v) is 12.3. The van der Waals surface area contributed by atoms with Crippen LogP contribution in [-0.4, -0.2) is 29.3 Å². The van der Waals surface area contributed by atoms with Crippen molar-refractivity contribution in [2.75, 3.05) is 23.8 Å². The van der Waals surface area contributed by atoms with Gasteiger partial charge in [-0.1, -0.05) is 30.1 Å². The summed E-state index contributed by atoms with van der Waals surface area (Å²) in [7, 11) is 0. The molecule has 2 unspecified atom stereocenters. The zero-order chi connectivity index (χ0) is 13.7. The van der Waals surface area contributed by atoms with Gasteiger partial charge in [0.1, 0.15) is 11.6 Å². The molecule has 1 aromatic rings. The lowest BCUT2D eigenvalue weighted by Crippen LogP contribution is -2.27. The predicted molar refractivity (Wildman–Crippen MR) is 77.8 cm³/mol. The van der Waals surface area contributed by atoms with E-state index in [9.17, 15) is 0 Å². The quantitative estimate of drug-likeness (QED) is 0.753. The van der Waals surface area contributed by atoms with E-state index in [0.717, 1.165) is 6.54 Å². The highest BCUT2D eigenvalue weighted by Gasteiger charge is 2.15. The van der Waals surface area contributed by atoms with Crippen molar-refractivity contribution in [3.05, 3.63) is 16.1 Å². The average molecular weight is 292 g/mol. The first-order valence-electron chi connectivity index (χ1n) is 5.96. The maximum atomic E-state index is 9.11. The van der Waals surface area contributed by atoms with Crippen LogP contribution < -0.4 is 10.6 Å². The molecule has 0 bridgehead atoms. The molecule has 0 aliphatic carbocycles. The SMILES string of the molecule is CCNc1nc(NC(C)C(C)CO)c(Cl)cc1Cl. The van der Waals surface area contributed by atoms with Crippen molar-refractivity contribution in [2.45, 2.75) is 26.8 Å². The van der Waals surface area contributed by atoms with Crippen LogP contribution in [0.5, 0.6) is 0 Å². The van der Waals surface area contributed by atoms with E-state index in [2.05, 4.69) is 15.6 Å². The molecule has 18 heavy (non-hydrogen) atoms. The first-order chi connectivity index (χ1) is 8.49. The van der Waals surface area contributed by atoms with Gasteiger partial charge in [0.2, 0.25) is 0 Å². The van der Waals surface area contributed by atoms with Crippen molar-refractivity contribution in [2.24, 2.45) is 5.92 Å². The molecule has 1 heterocycles. The predicted octanol–water partition coefficient (Wildman–Crippen LogP) is 3.25. The van der Waals surface area contributed by atoms with Gasteiger partial charge in [0.05, 0.1) is 10.0 Å². The lowest BCUT2D eigenvalue weighted by Gasteiger charge is -2.21. The Balaban J connectivity index is 2.91. The number of nitrogens with one attached hydrogen (secondary N) is 2. The summed E-state index contributed by atoms with van der Waals surface area (Å²) in [5, 5.41) is 16.3. The van der Waals surface area contributed by atoms with Crippen LogP contribution in [0, 0.1) is 5.92 Å². The van der Waals surface area contributed by atoms with Crippen LogP contribution in [0.1, 0.15) is 20.8 Å². The second-order valence-corrected chi connectivity index (χ2v) is 5.09. The third-order valence-electron chi connectivity index (χ3n) is 2.78. The van der Waals surface area contributed by atoms with E-state index in [0.29, 0.717) is 21.7 Å². The maximum Gasteiger partial charge on any atom is 0.147 e. The van der Waals surface area contributed by atoms with Gasteiger partial charge in [0.25, 0.3) is 0 Å². The fraction of sp³-hybridized carbons (Fsp3) is 0.583. The third-order valence-corrected chi connectivity index (χ3v) is 3.36. The number of pyridine rings is 1. The molecule has 3 N–H and O–H groups in total. The largest absolute Gasteiger partial charge is 0.396 e. The summed E-state index contributed by atoms with van der Waals surface area (Å²) in [6.07, 6.45) is 0. The van der Waals surface area contributed by atoms with E-state index < -0.39 is 0 Å². The van der Waals surface area contributed by atoms with Crippen molar-refractivity contribution < 1.29 is 5.11 Å². The topological polar surface area (TPSA) is 57.2 Å². The van der Waals surface area contributed by atoms with Gasteiger partial charge in [0, 0.05) is 19.2 Å². The van der Waals surface area contributed by atoms with E-state index in [1.165, 1.54) is 0 Å². The Morgan fingerprint density at radius 1 is 1.28 bits per heavy atom. The van der Waals surface area contributed by atoms with Crippen molar-refractivity contribution >= 4 is 34.8 Å². The Hall–Kier alpha value is -0.710. The molecule has 102 valence electrons. The van der Waals surface area contributed by atoms with Crippen LogP contribution in [0.25, 0.3) is 0 Å². The molecule has 0 amide bonds. The van der Waals surface area contributed by atoms with Gasteiger partial charge >= 0.3 is 0 Å². The number of aliphatic hydroxyl groups is 1. The molecule has 0 radical (unpaired) electrons. The highest BCUT2D eigenvalue weighted by atomic mass is 35.5. The summed E-state index contributed by atoms with van der Waals surface area (Å²) in [6.45, 7) is 6.74. The van der Waals surface area contributed by atoms with Gasteiger partial charge in [-0.3, -0.25) is 0 Å². The van der Waals surface area contributed by atoms with E-state index in [1.807, 2.05) is 20.8 Å². The van der Waals surface area contributed by atoms with E-state index in [1.54, 1.807) is 6.07 Å². The highest BCUT2D eigenvalue weighted by Crippen LogP contribution is 2.29.